The van der Waals surface area contributed by atoms with Crippen molar-refractivity contribution in [2.45, 2.75) is 43.2 Å². The number of nitrogens with one attached hydrogen (secondary N) is 1. The largest absolute Gasteiger partial charge is 0.508 e. The summed E-state index contributed by atoms with van der Waals surface area (Å²) < 4.78 is 14.8. The van der Waals surface area contributed by atoms with Crippen LogP contribution in [0.4, 0.5) is 0 Å². The third-order valence-corrected chi connectivity index (χ3v) is 9.47. The van der Waals surface area contributed by atoms with E-state index in [1.165, 1.54) is 11.8 Å². The number of pyridine rings is 1. The van der Waals surface area contributed by atoms with E-state index in [-0.39, 0.29) is 30.5 Å². The van der Waals surface area contributed by atoms with Crippen LogP contribution in [0.3, 0.4) is 0 Å². The summed E-state index contributed by atoms with van der Waals surface area (Å²) in [6.45, 7) is 0.339. The lowest BCUT2D eigenvalue weighted by Gasteiger charge is -2.36. The summed E-state index contributed by atoms with van der Waals surface area (Å²) in [6, 6.07) is 34.1. The second-order valence-electron chi connectivity index (χ2n) is 11.8. The number of aromatic nitrogens is 5. The molecular weight excluding hydrogens is 653 g/mol. The van der Waals surface area contributed by atoms with Gasteiger partial charge in [0.15, 0.2) is 6.29 Å². The number of aliphatic hydroxyl groups is 1. The normalized spacial score (nSPS) is 17.3. The summed E-state index contributed by atoms with van der Waals surface area (Å²) in [6.07, 6.45) is 2.72. The summed E-state index contributed by atoms with van der Waals surface area (Å²) >= 11 is 1.48. The van der Waals surface area contributed by atoms with Gasteiger partial charge in [0.05, 0.1) is 30.1 Å². The molecule has 1 aliphatic heterocycles. The number of benzene rings is 4. The van der Waals surface area contributed by atoms with Crippen LogP contribution in [-0.2, 0) is 22.6 Å². The van der Waals surface area contributed by atoms with Crippen LogP contribution in [0.1, 0.15) is 51.4 Å². The molecule has 1 saturated heterocycles. The molecule has 7 rings (SSSR count). The first-order valence-corrected chi connectivity index (χ1v) is 17.1. The number of hydrogen-bond acceptors (Lipinski definition) is 10. The summed E-state index contributed by atoms with van der Waals surface area (Å²) in [5.41, 5.74) is 6.95. The number of aliphatic hydroxyl groups excluding tert-OH is 1. The Hall–Kier alpha value is -5.40. The Labute approximate surface area is 292 Å². The first kappa shape index (κ1) is 33.1. The van der Waals surface area contributed by atoms with Gasteiger partial charge in [-0.1, -0.05) is 84.6 Å². The Morgan fingerprint density at radius 3 is 2.44 bits per heavy atom. The molecule has 1 aliphatic rings. The Morgan fingerprint density at radius 1 is 0.900 bits per heavy atom. The zero-order valence-electron chi connectivity index (χ0n) is 26.9. The lowest BCUT2D eigenvalue weighted by atomic mass is 9.97. The van der Waals surface area contributed by atoms with Gasteiger partial charge in [0.1, 0.15) is 5.75 Å². The maximum atomic E-state index is 12.7. The van der Waals surface area contributed by atoms with Crippen molar-refractivity contribution in [2.75, 3.05) is 5.75 Å². The highest BCUT2D eigenvalue weighted by Gasteiger charge is 2.33. The molecule has 0 bridgehead atoms. The number of nitrogens with zero attached hydrogens (tertiary/aromatic N) is 5. The van der Waals surface area contributed by atoms with Crippen LogP contribution in [0.15, 0.2) is 127 Å². The van der Waals surface area contributed by atoms with E-state index in [0.29, 0.717) is 29.4 Å². The van der Waals surface area contributed by atoms with Crippen molar-refractivity contribution in [3.8, 4) is 22.6 Å². The first-order valence-electron chi connectivity index (χ1n) is 16.1. The molecule has 11 nitrogen and oxygen atoms in total. The quantitative estimate of drug-likeness (QED) is 0.135. The number of rotatable bonds is 11. The minimum Gasteiger partial charge on any atom is -0.508 e. The van der Waals surface area contributed by atoms with E-state index in [0.717, 1.165) is 39.1 Å². The molecule has 0 radical (unpaired) electrons. The SMILES string of the molecule is O=C(NCc1ccccc1-c1ccc([C@H]2O[C@@H](CSc3nnnn3-c3ccc(O)cc3)C[C@@H](c3ccc(CO)cc3)O2)cc1)c1cccnc1. The fourth-order valence-electron chi connectivity index (χ4n) is 5.77. The second-order valence-corrected chi connectivity index (χ2v) is 12.7. The number of amides is 1. The summed E-state index contributed by atoms with van der Waals surface area (Å²) in [7, 11) is 0. The zero-order chi connectivity index (χ0) is 34.3. The van der Waals surface area contributed by atoms with Gasteiger partial charge >= 0.3 is 0 Å². The number of phenols is 1. The molecule has 0 aliphatic carbocycles. The highest BCUT2D eigenvalue weighted by Crippen LogP contribution is 2.40. The first-order chi connectivity index (χ1) is 24.5. The van der Waals surface area contributed by atoms with Gasteiger partial charge in [-0.15, -0.1) is 5.10 Å². The summed E-state index contributed by atoms with van der Waals surface area (Å²) in [4.78, 5) is 16.7. The predicted octanol–water partition coefficient (Wildman–Crippen LogP) is 6.19. The Kier molecular flexibility index (Phi) is 10.2. The molecule has 3 heterocycles. The number of aromatic hydroxyl groups is 1. The fourth-order valence-corrected chi connectivity index (χ4v) is 6.67. The zero-order valence-corrected chi connectivity index (χ0v) is 27.7. The molecule has 4 aromatic carbocycles. The number of carbonyl (C=O) groups excluding carboxylic acids is 1. The van der Waals surface area contributed by atoms with Gasteiger partial charge in [-0.25, -0.2) is 0 Å². The van der Waals surface area contributed by atoms with Crippen molar-refractivity contribution >= 4 is 17.7 Å². The number of carbonyl (C=O) groups is 1. The molecule has 0 spiro atoms. The van der Waals surface area contributed by atoms with Crippen LogP contribution < -0.4 is 5.32 Å². The average Bonchev–Trinajstić information content (AvgIpc) is 3.65. The van der Waals surface area contributed by atoms with E-state index >= 15 is 0 Å². The van der Waals surface area contributed by atoms with E-state index in [4.69, 9.17) is 9.47 Å². The lowest BCUT2D eigenvalue weighted by molar-refractivity contribution is -0.245. The minimum absolute atomic E-state index is 0.0289. The maximum Gasteiger partial charge on any atom is 0.253 e. The van der Waals surface area contributed by atoms with E-state index in [1.54, 1.807) is 53.5 Å². The van der Waals surface area contributed by atoms with Gasteiger partial charge in [-0.05, 0) is 74.6 Å². The van der Waals surface area contributed by atoms with Gasteiger partial charge in [0.25, 0.3) is 5.91 Å². The summed E-state index contributed by atoms with van der Waals surface area (Å²) in [5.74, 6) is 0.554. The van der Waals surface area contributed by atoms with Crippen molar-refractivity contribution in [1.82, 2.24) is 30.5 Å². The van der Waals surface area contributed by atoms with Crippen molar-refractivity contribution in [2.24, 2.45) is 0 Å². The van der Waals surface area contributed by atoms with Crippen molar-refractivity contribution in [1.29, 1.82) is 0 Å². The van der Waals surface area contributed by atoms with Crippen molar-refractivity contribution < 1.29 is 24.5 Å². The number of thioether (sulfide) groups is 1. The average molecular weight is 687 g/mol. The van der Waals surface area contributed by atoms with Crippen LogP contribution in [0.25, 0.3) is 16.8 Å². The molecule has 252 valence electrons. The van der Waals surface area contributed by atoms with Gasteiger partial charge in [-0.3, -0.25) is 9.78 Å². The van der Waals surface area contributed by atoms with Crippen LogP contribution in [0.5, 0.6) is 5.75 Å². The topological polar surface area (TPSA) is 145 Å². The molecule has 2 aromatic heterocycles. The third kappa shape index (κ3) is 7.74. The number of ether oxygens (including phenoxy) is 2. The molecule has 1 amide bonds. The molecule has 1 fully saturated rings. The number of tetrazole rings is 1. The molecule has 0 unspecified atom stereocenters. The van der Waals surface area contributed by atoms with Crippen LogP contribution >= 0.6 is 11.8 Å². The predicted molar refractivity (Wildman–Crippen MR) is 187 cm³/mol. The Bertz CT molecular complexity index is 2020. The smallest absolute Gasteiger partial charge is 0.253 e. The van der Waals surface area contributed by atoms with Crippen LogP contribution in [-0.4, -0.2) is 53.2 Å². The van der Waals surface area contributed by atoms with Crippen molar-refractivity contribution in [3.05, 3.63) is 149 Å². The fraction of sp³-hybridized carbons (Fsp3) is 0.184. The number of hydrogen-bond donors (Lipinski definition) is 3. The van der Waals surface area contributed by atoms with Gasteiger partial charge in [0.2, 0.25) is 5.16 Å². The monoisotopic (exact) mass is 686 g/mol. The molecule has 6 aromatic rings. The Balaban J connectivity index is 1.08. The standard InChI is InChI=1S/C38H34N6O5S/c45-23-25-7-9-27(10-8-25)35-20-33(24-50-38-41-42-43-44(38)31-15-17-32(46)18-16-31)48-37(49-35)28-13-11-26(12-14-28)34-6-2-1-4-29(34)22-40-36(47)30-5-3-19-39-21-30/h1-19,21,33,35,37,45-46H,20,22-24H2,(H,40,47)/t33-,35+,37+/m1/s1. The Morgan fingerprint density at radius 2 is 1.68 bits per heavy atom. The van der Waals surface area contributed by atoms with Gasteiger partial charge in [-0.2, -0.15) is 4.68 Å². The maximum absolute atomic E-state index is 12.7. The van der Waals surface area contributed by atoms with E-state index in [1.807, 2.05) is 72.8 Å². The second kappa shape index (κ2) is 15.4. The van der Waals surface area contributed by atoms with Crippen LogP contribution in [0.2, 0.25) is 0 Å². The molecule has 12 heteroatoms. The summed E-state index contributed by atoms with van der Waals surface area (Å²) in [5, 5.41) is 35.1. The molecule has 50 heavy (non-hydrogen) atoms. The highest BCUT2D eigenvalue weighted by atomic mass is 32.2. The highest BCUT2D eigenvalue weighted by molar-refractivity contribution is 7.99. The molecule has 0 saturated carbocycles. The third-order valence-electron chi connectivity index (χ3n) is 8.42. The van der Waals surface area contributed by atoms with E-state index < -0.39 is 6.29 Å². The van der Waals surface area contributed by atoms with E-state index in [2.05, 4.69) is 25.8 Å². The molecule has 3 N–H and O–H groups in total. The van der Waals surface area contributed by atoms with Gasteiger partial charge < -0.3 is 25.0 Å². The molecule has 3 atom stereocenters. The van der Waals surface area contributed by atoms with E-state index in [9.17, 15) is 15.0 Å². The van der Waals surface area contributed by atoms with Crippen LogP contribution in [0, 0.1) is 0 Å². The number of phenolic OH excluding ortho intramolecular Hbond substituents is 1. The van der Waals surface area contributed by atoms with Crippen molar-refractivity contribution in [3.63, 3.8) is 0 Å². The lowest BCUT2D eigenvalue weighted by Crippen LogP contribution is -2.31. The molecular formula is C38H34N6O5S. The van der Waals surface area contributed by atoms with Gasteiger partial charge in [0, 0.05) is 36.7 Å². The minimum atomic E-state index is -0.631.